The van der Waals surface area contributed by atoms with Crippen molar-refractivity contribution in [3.8, 4) is 0 Å². The zero-order valence-electron chi connectivity index (χ0n) is 12.8. The summed E-state index contributed by atoms with van der Waals surface area (Å²) in [4.78, 5) is 11.0. The van der Waals surface area contributed by atoms with E-state index in [1.54, 1.807) is 0 Å². The summed E-state index contributed by atoms with van der Waals surface area (Å²) in [7, 11) is 0. The Balaban J connectivity index is 1.91. The summed E-state index contributed by atoms with van der Waals surface area (Å²) >= 11 is 0. The van der Waals surface area contributed by atoms with Crippen LogP contribution in [0.5, 0.6) is 0 Å². The number of anilines is 2. The summed E-state index contributed by atoms with van der Waals surface area (Å²) in [6.45, 7) is 6.19. The molecule has 20 heavy (non-hydrogen) atoms. The van der Waals surface area contributed by atoms with Crippen LogP contribution in [0.3, 0.4) is 0 Å². The first-order valence-electron chi connectivity index (χ1n) is 7.69. The summed E-state index contributed by atoms with van der Waals surface area (Å²) in [5, 5.41) is 6.42. The molecule has 2 atom stereocenters. The molecule has 0 radical (unpaired) electrons. The van der Waals surface area contributed by atoms with E-state index in [0.717, 1.165) is 23.2 Å². The molecule has 3 nitrogen and oxygen atoms in total. The van der Waals surface area contributed by atoms with E-state index >= 15 is 0 Å². The van der Waals surface area contributed by atoms with E-state index in [9.17, 15) is 4.79 Å². The van der Waals surface area contributed by atoms with Gasteiger partial charge in [-0.05, 0) is 48.9 Å². The molecule has 2 rings (SSSR count). The molecule has 2 unspecified atom stereocenters. The first kappa shape index (κ1) is 14.9. The van der Waals surface area contributed by atoms with Crippen LogP contribution in [0.15, 0.2) is 24.3 Å². The van der Waals surface area contributed by atoms with Crippen molar-refractivity contribution in [2.75, 3.05) is 10.6 Å². The third kappa shape index (κ3) is 4.26. The third-order valence-electron chi connectivity index (χ3n) is 4.23. The Morgan fingerprint density at radius 2 is 1.80 bits per heavy atom. The van der Waals surface area contributed by atoms with Gasteiger partial charge in [0.1, 0.15) is 0 Å². The van der Waals surface area contributed by atoms with Crippen molar-refractivity contribution in [3.63, 3.8) is 0 Å². The molecule has 110 valence electrons. The van der Waals surface area contributed by atoms with Crippen LogP contribution < -0.4 is 10.6 Å². The molecule has 0 saturated heterocycles. The summed E-state index contributed by atoms with van der Waals surface area (Å²) in [6.07, 6.45) is 5.23. The number of carbonyl (C=O) groups excluding carboxylic acids is 1. The van der Waals surface area contributed by atoms with Crippen molar-refractivity contribution in [1.82, 2.24) is 0 Å². The normalized spacial score (nSPS) is 22.6. The number of amides is 1. The van der Waals surface area contributed by atoms with Gasteiger partial charge in [0.15, 0.2) is 0 Å². The average Bonchev–Trinajstić information content (AvgIpc) is 2.41. The maximum atomic E-state index is 11.0. The van der Waals surface area contributed by atoms with Crippen molar-refractivity contribution in [2.24, 2.45) is 11.8 Å². The zero-order chi connectivity index (χ0) is 14.5. The fourth-order valence-electron chi connectivity index (χ4n) is 3.05. The standard InChI is InChI=1S/C17H26N2O/c1-12(2)14-5-4-6-17(11-14)19-16-9-7-15(8-10-16)18-13(3)20/h7-10,12,14,17,19H,4-6,11H2,1-3H3,(H,18,20). The number of rotatable bonds is 4. The molecule has 2 N–H and O–H groups in total. The number of hydrogen-bond acceptors (Lipinski definition) is 2. The molecule has 1 aromatic carbocycles. The molecular weight excluding hydrogens is 248 g/mol. The van der Waals surface area contributed by atoms with E-state index < -0.39 is 0 Å². The fourth-order valence-corrected chi connectivity index (χ4v) is 3.05. The second kappa shape index (κ2) is 6.78. The van der Waals surface area contributed by atoms with Crippen molar-refractivity contribution in [3.05, 3.63) is 24.3 Å². The van der Waals surface area contributed by atoms with E-state index in [1.165, 1.54) is 32.6 Å². The molecule has 1 aliphatic carbocycles. The fraction of sp³-hybridized carbons (Fsp3) is 0.588. The highest BCUT2D eigenvalue weighted by atomic mass is 16.1. The Hall–Kier alpha value is -1.51. The van der Waals surface area contributed by atoms with Gasteiger partial charge < -0.3 is 10.6 Å². The van der Waals surface area contributed by atoms with Crippen LogP contribution in [0.1, 0.15) is 46.5 Å². The number of carbonyl (C=O) groups is 1. The minimum absolute atomic E-state index is 0.0298. The van der Waals surface area contributed by atoms with Crippen molar-refractivity contribution >= 4 is 17.3 Å². The van der Waals surface area contributed by atoms with Gasteiger partial charge in [-0.1, -0.05) is 26.7 Å². The summed E-state index contributed by atoms with van der Waals surface area (Å²) < 4.78 is 0. The molecule has 1 saturated carbocycles. The van der Waals surface area contributed by atoms with Crippen molar-refractivity contribution < 1.29 is 4.79 Å². The average molecular weight is 274 g/mol. The first-order chi connectivity index (χ1) is 9.54. The zero-order valence-corrected chi connectivity index (χ0v) is 12.8. The number of hydrogen-bond donors (Lipinski definition) is 2. The largest absolute Gasteiger partial charge is 0.382 e. The van der Waals surface area contributed by atoms with Crippen LogP contribution in [-0.2, 0) is 4.79 Å². The highest BCUT2D eigenvalue weighted by Crippen LogP contribution is 2.31. The molecule has 0 aliphatic heterocycles. The Kier molecular flexibility index (Phi) is 5.05. The molecular formula is C17H26N2O. The molecule has 1 aliphatic rings. The summed E-state index contributed by atoms with van der Waals surface area (Å²) in [6, 6.07) is 8.58. The molecule has 0 aromatic heterocycles. The minimum Gasteiger partial charge on any atom is -0.382 e. The van der Waals surface area contributed by atoms with E-state index in [0.29, 0.717) is 6.04 Å². The van der Waals surface area contributed by atoms with Crippen LogP contribution in [0.2, 0.25) is 0 Å². The maximum Gasteiger partial charge on any atom is 0.221 e. The highest BCUT2D eigenvalue weighted by Gasteiger charge is 2.23. The first-order valence-corrected chi connectivity index (χ1v) is 7.69. The van der Waals surface area contributed by atoms with E-state index in [-0.39, 0.29) is 5.91 Å². The second-order valence-electron chi connectivity index (χ2n) is 6.27. The van der Waals surface area contributed by atoms with Crippen molar-refractivity contribution in [2.45, 2.75) is 52.5 Å². The highest BCUT2D eigenvalue weighted by molar-refractivity contribution is 5.88. The molecule has 0 spiro atoms. The molecule has 1 amide bonds. The van der Waals surface area contributed by atoms with E-state index in [1.807, 2.05) is 24.3 Å². The lowest BCUT2D eigenvalue weighted by Crippen LogP contribution is -2.29. The van der Waals surface area contributed by atoms with Crippen LogP contribution >= 0.6 is 0 Å². The molecule has 3 heteroatoms. The maximum absolute atomic E-state index is 11.0. The van der Waals surface area contributed by atoms with Crippen LogP contribution in [0.25, 0.3) is 0 Å². The Labute approximate surface area is 122 Å². The van der Waals surface area contributed by atoms with Gasteiger partial charge in [0, 0.05) is 24.3 Å². The predicted molar refractivity (Wildman–Crippen MR) is 85.0 cm³/mol. The van der Waals surface area contributed by atoms with Crippen molar-refractivity contribution in [1.29, 1.82) is 0 Å². The molecule has 1 fully saturated rings. The Morgan fingerprint density at radius 1 is 1.15 bits per heavy atom. The lowest BCUT2D eigenvalue weighted by molar-refractivity contribution is -0.114. The van der Waals surface area contributed by atoms with Gasteiger partial charge in [-0.25, -0.2) is 0 Å². The van der Waals surface area contributed by atoms with Gasteiger partial charge in [0.2, 0.25) is 5.91 Å². The second-order valence-corrected chi connectivity index (χ2v) is 6.27. The van der Waals surface area contributed by atoms with Gasteiger partial charge in [0.05, 0.1) is 0 Å². The SMILES string of the molecule is CC(=O)Nc1ccc(NC2CCCC(C(C)C)C2)cc1. The number of nitrogens with one attached hydrogen (secondary N) is 2. The quantitative estimate of drug-likeness (QED) is 0.860. The molecule has 0 heterocycles. The van der Waals surface area contributed by atoms with Crippen LogP contribution in [0, 0.1) is 11.8 Å². The van der Waals surface area contributed by atoms with Gasteiger partial charge in [-0.15, -0.1) is 0 Å². The van der Waals surface area contributed by atoms with Gasteiger partial charge in [0.25, 0.3) is 0 Å². The van der Waals surface area contributed by atoms with Gasteiger partial charge >= 0.3 is 0 Å². The summed E-state index contributed by atoms with van der Waals surface area (Å²) in [5.74, 6) is 1.60. The van der Waals surface area contributed by atoms with Crippen LogP contribution in [0.4, 0.5) is 11.4 Å². The topological polar surface area (TPSA) is 41.1 Å². The van der Waals surface area contributed by atoms with Gasteiger partial charge in [-0.2, -0.15) is 0 Å². The van der Waals surface area contributed by atoms with E-state index in [2.05, 4.69) is 24.5 Å². The van der Waals surface area contributed by atoms with E-state index in [4.69, 9.17) is 0 Å². The lowest BCUT2D eigenvalue weighted by Gasteiger charge is -2.32. The molecule has 1 aromatic rings. The Bertz CT molecular complexity index is 439. The monoisotopic (exact) mass is 274 g/mol. The molecule has 0 bridgehead atoms. The third-order valence-corrected chi connectivity index (χ3v) is 4.23. The summed E-state index contributed by atoms with van der Waals surface area (Å²) in [5.41, 5.74) is 2.00. The number of benzene rings is 1. The van der Waals surface area contributed by atoms with Gasteiger partial charge in [-0.3, -0.25) is 4.79 Å². The van der Waals surface area contributed by atoms with Crippen LogP contribution in [-0.4, -0.2) is 11.9 Å². The Morgan fingerprint density at radius 3 is 2.40 bits per heavy atom. The lowest BCUT2D eigenvalue weighted by atomic mass is 9.79. The predicted octanol–water partition coefficient (Wildman–Crippen LogP) is 4.27. The smallest absolute Gasteiger partial charge is 0.221 e. The minimum atomic E-state index is -0.0298.